The first-order valence-corrected chi connectivity index (χ1v) is 7.58. The summed E-state index contributed by atoms with van der Waals surface area (Å²) >= 11 is 1.60. The second-order valence-electron chi connectivity index (χ2n) is 5.08. The first kappa shape index (κ1) is 16.1. The molecule has 1 aromatic carbocycles. The van der Waals surface area contributed by atoms with Gasteiger partial charge in [-0.15, -0.1) is 11.8 Å². The maximum Gasteiger partial charge on any atom is 0.233 e. The van der Waals surface area contributed by atoms with Gasteiger partial charge in [-0.05, 0) is 37.6 Å². The van der Waals surface area contributed by atoms with Gasteiger partial charge in [0.1, 0.15) is 0 Å². The molecule has 19 heavy (non-hydrogen) atoms. The van der Waals surface area contributed by atoms with Gasteiger partial charge in [0.25, 0.3) is 0 Å². The first-order valence-electron chi connectivity index (χ1n) is 6.70. The Bertz CT molecular complexity index is 407. The van der Waals surface area contributed by atoms with Crippen molar-refractivity contribution >= 4 is 17.7 Å². The van der Waals surface area contributed by atoms with E-state index in [0.717, 1.165) is 18.0 Å². The Morgan fingerprint density at radius 2 is 2.05 bits per heavy atom. The van der Waals surface area contributed by atoms with Crippen molar-refractivity contribution in [2.24, 2.45) is 5.92 Å². The molecule has 3 nitrogen and oxygen atoms in total. The zero-order valence-electron chi connectivity index (χ0n) is 12.2. The van der Waals surface area contributed by atoms with E-state index in [1.165, 1.54) is 5.56 Å². The summed E-state index contributed by atoms with van der Waals surface area (Å²) in [6, 6.07) is 8.31. The molecule has 1 rings (SSSR count). The van der Waals surface area contributed by atoms with Crippen LogP contribution in [0, 0.1) is 5.92 Å². The Morgan fingerprint density at radius 1 is 1.32 bits per heavy atom. The van der Waals surface area contributed by atoms with Gasteiger partial charge in [0.05, 0.1) is 5.25 Å². The highest BCUT2D eigenvalue weighted by Crippen LogP contribution is 2.24. The second kappa shape index (κ2) is 8.23. The molecule has 4 heteroatoms. The fourth-order valence-corrected chi connectivity index (χ4v) is 2.61. The molecule has 0 fully saturated rings. The highest BCUT2D eigenvalue weighted by molar-refractivity contribution is 8.00. The highest BCUT2D eigenvalue weighted by atomic mass is 32.2. The summed E-state index contributed by atoms with van der Waals surface area (Å²) < 4.78 is 0. The van der Waals surface area contributed by atoms with Crippen molar-refractivity contribution in [3.63, 3.8) is 0 Å². The molecule has 1 atom stereocenters. The van der Waals surface area contributed by atoms with Crippen LogP contribution in [-0.4, -0.2) is 24.7 Å². The van der Waals surface area contributed by atoms with Crippen LogP contribution in [0.3, 0.4) is 0 Å². The molecule has 0 aliphatic rings. The van der Waals surface area contributed by atoms with E-state index in [9.17, 15) is 4.79 Å². The van der Waals surface area contributed by atoms with E-state index >= 15 is 0 Å². The molecule has 0 saturated heterocycles. The van der Waals surface area contributed by atoms with Crippen LogP contribution in [0.1, 0.15) is 26.3 Å². The van der Waals surface area contributed by atoms with Gasteiger partial charge in [-0.1, -0.05) is 26.0 Å². The van der Waals surface area contributed by atoms with Crippen LogP contribution in [0.5, 0.6) is 0 Å². The van der Waals surface area contributed by atoms with Crippen LogP contribution in [0.25, 0.3) is 0 Å². The Hall–Kier alpha value is -1.00. The number of nitrogens with one attached hydrogen (secondary N) is 2. The number of rotatable bonds is 7. The first-order chi connectivity index (χ1) is 9.02. The third-order valence-electron chi connectivity index (χ3n) is 2.65. The zero-order chi connectivity index (χ0) is 14.3. The molecule has 2 N–H and O–H groups in total. The van der Waals surface area contributed by atoms with E-state index in [2.05, 4.69) is 42.7 Å². The summed E-state index contributed by atoms with van der Waals surface area (Å²) in [6.07, 6.45) is 0. The smallest absolute Gasteiger partial charge is 0.233 e. The van der Waals surface area contributed by atoms with Crippen LogP contribution >= 0.6 is 11.8 Å². The molecular weight excluding hydrogens is 256 g/mol. The Kier molecular flexibility index (Phi) is 6.95. The predicted octanol–water partition coefficient (Wildman–Crippen LogP) is 2.66. The Balaban J connectivity index is 2.53. The van der Waals surface area contributed by atoms with Crippen molar-refractivity contribution in [2.45, 2.75) is 37.5 Å². The maximum absolute atomic E-state index is 11.9. The van der Waals surface area contributed by atoms with Gasteiger partial charge in [-0.25, -0.2) is 0 Å². The van der Waals surface area contributed by atoms with Crippen LogP contribution in [-0.2, 0) is 11.3 Å². The van der Waals surface area contributed by atoms with Gasteiger partial charge in [0, 0.05) is 18.0 Å². The van der Waals surface area contributed by atoms with Crippen molar-refractivity contribution < 1.29 is 4.79 Å². The van der Waals surface area contributed by atoms with Crippen molar-refractivity contribution in [3.8, 4) is 0 Å². The number of thioether (sulfide) groups is 1. The van der Waals surface area contributed by atoms with E-state index in [4.69, 9.17) is 0 Å². The van der Waals surface area contributed by atoms with E-state index in [1.807, 2.05) is 20.0 Å². The molecule has 1 aromatic rings. The highest BCUT2D eigenvalue weighted by Gasteiger charge is 2.14. The summed E-state index contributed by atoms with van der Waals surface area (Å²) in [5, 5.41) is 6.04. The standard InChI is InChI=1S/C15H24N2OS/c1-11(2)9-17-15(18)12(3)19-14-7-5-6-13(8-14)10-16-4/h5-8,11-12,16H,9-10H2,1-4H3,(H,17,18). The molecule has 106 valence electrons. The molecule has 0 heterocycles. The molecule has 0 spiro atoms. The van der Waals surface area contributed by atoms with Gasteiger partial charge in [0.2, 0.25) is 5.91 Å². The zero-order valence-corrected chi connectivity index (χ0v) is 13.0. The predicted molar refractivity (Wildman–Crippen MR) is 82.4 cm³/mol. The number of hydrogen-bond acceptors (Lipinski definition) is 3. The number of carbonyl (C=O) groups is 1. The van der Waals surface area contributed by atoms with Gasteiger partial charge in [-0.2, -0.15) is 0 Å². The van der Waals surface area contributed by atoms with Gasteiger partial charge < -0.3 is 10.6 Å². The summed E-state index contributed by atoms with van der Waals surface area (Å²) in [6.45, 7) is 7.73. The second-order valence-corrected chi connectivity index (χ2v) is 6.49. The van der Waals surface area contributed by atoms with Crippen LogP contribution in [0.15, 0.2) is 29.2 Å². The lowest BCUT2D eigenvalue weighted by Crippen LogP contribution is -2.33. The third-order valence-corrected chi connectivity index (χ3v) is 3.74. The number of hydrogen-bond donors (Lipinski definition) is 2. The number of carbonyl (C=O) groups excluding carboxylic acids is 1. The fourth-order valence-electron chi connectivity index (χ4n) is 1.64. The molecular formula is C15H24N2OS. The minimum Gasteiger partial charge on any atom is -0.355 e. The monoisotopic (exact) mass is 280 g/mol. The van der Waals surface area contributed by atoms with E-state index < -0.39 is 0 Å². The molecule has 1 amide bonds. The van der Waals surface area contributed by atoms with Crippen molar-refractivity contribution in [3.05, 3.63) is 29.8 Å². The number of benzene rings is 1. The largest absolute Gasteiger partial charge is 0.355 e. The quantitative estimate of drug-likeness (QED) is 0.755. The summed E-state index contributed by atoms with van der Waals surface area (Å²) in [4.78, 5) is 13.1. The molecule has 0 aliphatic heterocycles. The van der Waals surface area contributed by atoms with Gasteiger partial charge in [0.15, 0.2) is 0 Å². The van der Waals surface area contributed by atoms with Crippen molar-refractivity contribution in [2.75, 3.05) is 13.6 Å². The van der Waals surface area contributed by atoms with Crippen LogP contribution in [0.4, 0.5) is 0 Å². The average molecular weight is 280 g/mol. The minimum atomic E-state index is -0.0661. The molecule has 0 aliphatic carbocycles. The van der Waals surface area contributed by atoms with Crippen LogP contribution in [0.2, 0.25) is 0 Å². The lowest BCUT2D eigenvalue weighted by molar-refractivity contribution is -0.120. The normalized spacial score (nSPS) is 12.5. The summed E-state index contributed by atoms with van der Waals surface area (Å²) in [5.41, 5.74) is 1.24. The Labute approximate surface area is 120 Å². The van der Waals surface area contributed by atoms with Gasteiger partial charge in [-0.3, -0.25) is 4.79 Å². The molecule has 0 aromatic heterocycles. The third kappa shape index (κ3) is 6.12. The Morgan fingerprint density at radius 3 is 2.68 bits per heavy atom. The van der Waals surface area contributed by atoms with Crippen molar-refractivity contribution in [1.82, 2.24) is 10.6 Å². The summed E-state index contributed by atoms with van der Waals surface area (Å²) in [7, 11) is 1.93. The van der Waals surface area contributed by atoms with Crippen LogP contribution < -0.4 is 10.6 Å². The van der Waals surface area contributed by atoms with E-state index in [1.54, 1.807) is 11.8 Å². The van der Waals surface area contributed by atoms with Crippen molar-refractivity contribution in [1.29, 1.82) is 0 Å². The van der Waals surface area contributed by atoms with E-state index in [0.29, 0.717) is 5.92 Å². The molecule has 0 bridgehead atoms. The molecule has 1 unspecified atom stereocenters. The number of amides is 1. The average Bonchev–Trinajstić information content (AvgIpc) is 2.36. The molecule has 0 saturated carbocycles. The SMILES string of the molecule is CNCc1cccc(SC(C)C(=O)NCC(C)C)c1. The maximum atomic E-state index is 11.9. The van der Waals surface area contributed by atoms with E-state index in [-0.39, 0.29) is 11.2 Å². The topological polar surface area (TPSA) is 41.1 Å². The van der Waals surface area contributed by atoms with Gasteiger partial charge >= 0.3 is 0 Å². The minimum absolute atomic E-state index is 0.0661. The molecule has 0 radical (unpaired) electrons. The lowest BCUT2D eigenvalue weighted by atomic mass is 10.2. The fraction of sp³-hybridized carbons (Fsp3) is 0.533. The summed E-state index contributed by atoms with van der Waals surface area (Å²) in [5.74, 6) is 0.595. The lowest BCUT2D eigenvalue weighted by Gasteiger charge is -2.13.